The van der Waals surface area contributed by atoms with Crippen molar-refractivity contribution in [3.05, 3.63) is 11.6 Å². The van der Waals surface area contributed by atoms with Crippen molar-refractivity contribution in [2.24, 2.45) is 0 Å². The quantitative estimate of drug-likeness (QED) is 0.676. The SMILES string of the molecule is CCc1cc(OC)nnc1OC. The molecule has 4 heteroatoms. The molecule has 0 aliphatic heterocycles. The standard InChI is InChI=1S/C8H12N2O2/c1-4-6-5-7(11-2)9-10-8(6)12-3/h5H,4H2,1-3H3. The van der Waals surface area contributed by atoms with Crippen molar-refractivity contribution in [3.8, 4) is 11.8 Å². The van der Waals surface area contributed by atoms with E-state index in [0.29, 0.717) is 11.8 Å². The molecule has 1 aromatic heterocycles. The maximum Gasteiger partial charge on any atom is 0.236 e. The van der Waals surface area contributed by atoms with Gasteiger partial charge in [0.05, 0.1) is 14.2 Å². The van der Waals surface area contributed by atoms with Crippen molar-refractivity contribution in [2.45, 2.75) is 13.3 Å². The van der Waals surface area contributed by atoms with E-state index in [1.54, 1.807) is 14.2 Å². The minimum atomic E-state index is 0.521. The Balaban J connectivity index is 3.02. The molecule has 0 fully saturated rings. The summed E-state index contributed by atoms with van der Waals surface area (Å²) in [6.45, 7) is 2.03. The summed E-state index contributed by atoms with van der Waals surface area (Å²) in [5.41, 5.74) is 1.00. The van der Waals surface area contributed by atoms with Crippen LogP contribution in [0.25, 0.3) is 0 Å². The van der Waals surface area contributed by atoms with E-state index in [4.69, 9.17) is 9.47 Å². The van der Waals surface area contributed by atoms with Crippen LogP contribution in [0.2, 0.25) is 0 Å². The van der Waals surface area contributed by atoms with E-state index in [1.165, 1.54) is 0 Å². The Labute approximate surface area is 71.5 Å². The monoisotopic (exact) mass is 168 g/mol. The molecular weight excluding hydrogens is 156 g/mol. The van der Waals surface area contributed by atoms with Crippen LogP contribution in [0.5, 0.6) is 11.8 Å². The lowest BCUT2D eigenvalue weighted by molar-refractivity contribution is 0.363. The van der Waals surface area contributed by atoms with Gasteiger partial charge >= 0.3 is 0 Å². The van der Waals surface area contributed by atoms with Gasteiger partial charge in [-0.15, -0.1) is 10.2 Å². The largest absolute Gasteiger partial charge is 0.480 e. The second-order valence-corrected chi connectivity index (χ2v) is 2.27. The van der Waals surface area contributed by atoms with E-state index in [9.17, 15) is 0 Å². The Morgan fingerprint density at radius 1 is 1.25 bits per heavy atom. The van der Waals surface area contributed by atoms with Crippen molar-refractivity contribution in [1.82, 2.24) is 10.2 Å². The van der Waals surface area contributed by atoms with Gasteiger partial charge in [-0.2, -0.15) is 0 Å². The first-order valence-electron chi connectivity index (χ1n) is 3.76. The molecule has 1 aromatic rings. The highest BCUT2D eigenvalue weighted by Gasteiger charge is 2.04. The number of aryl methyl sites for hydroxylation is 1. The number of nitrogens with zero attached hydrogens (tertiary/aromatic N) is 2. The van der Waals surface area contributed by atoms with Crippen LogP contribution in [0, 0.1) is 0 Å². The van der Waals surface area contributed by atoms with Gasteiger partial charge in [0.25, 0.3) is 0 Å². The Morgan fingerprint density at radius 2 is 2.00 bits per heavy atom. The van der Waals surface area contributed by atoms with Crippen molar-refractivity contribution in [2.75, 3.05) is 14.2 Å². The van der Waals surface area contributed by atoms with Gasteiger partial charge in [0, 0.05) is 11.6 Å². The van der Waals surface area contributed by atoms with Crippen LogP contribution in [-0.2, 0) is 6.42 Å². The summed E-state index contributed by atoms with van der Waals surface area (Å²) in [5, 5.41) is 7.62. The zero-order valence-corrected chi connectivity index (χ0v) is 7.50. The van der Waals surface area contributed by atoms with E-state index >= 15 is 0 Å². The highest BCUT2D eigenvalue weighted by atomic mass is 16.5. The molecule has 0 N–H and O–H groups in total. The molecule has 0 amide bonds. The summed E-state index contributed by atoms with van der Waals surface area (Å²) in [7, 11) is 3.14. The van der Waals surface area contributed by atoms with Crippen molar-refractivity contribution in [3.63, 3.8) is 0 Å². The first kappa shape index (κ1) is 8.77. The first-order chi connectivity index (χ1) is 5.81. The molecule has 0 saturated carbocycles. The van der Waals surface area contributed by atoms with Crippen molar-refractivity contribution >= 4 is 0 Å². The Morgan fingerprint density at radius 3 is 2.50 bits per heavy atom. The summed E-state index contributed by atoms with van der Waals surface area (Å²) in [4.78, 5) is 0. The average molecular weight is 168 g/mol. The highest BCUT2D eigenvalue weighted by molar-refractivity contribution is 5.28. The van der Waals surface area contributed by atoms with E-state index < -0.39 is 0 Å². The molecule has 1 rings (SSSR count). The van der Waals surface area contributed by atoms with Crippen LogP contribution in [-0.4, -0.2) is 24.4 Å². The van der Waals surface area contributed by atoms with Crippen LogP contribution >= 0.6 is 0 Å². The third-order valence-corrected chi connectivity index (χ3v) is 1.60. The predicted molar refractivity (Wildman–Crippen MR) is 44.5 cm³/mol. The first-order valence-corrected chi connectivity index (χ1v) is 3.76. The Kier molecular flexibility index (Phi) is 2.85. The van der Waals surface area contributed by atoms with E-state index in [0.717, 1.165) is 12.0 Å². The fraction of sp³-hybridized carbons (Fsp3) is 0.500. The van der Waals surface area contributed by atoms with Gasteiger partial charge in [0.1, 0.15) is 0 Å². The van der Waals surface area contributed by atoms with Crippen LogP contribution in [0.4, 0.5) is 0 Å². The average Bonchev–Trinajstić information content (AvgIpc) is 2.16. The summed E-state index contributed by atoms with van der Waals surface area (Å²) in [6.07, 6.45) is 0.856. The summed E-state index contributed by atoms with van der Waals surface area (Å²) < 4.78 is 9.93. The smallest absolute Gasteiger partial charge is 0.236 e. The second kappa shape index (κ2) is 3.90. The maximum absolute atomic E-state index is 5.01. The van der Waals surface area contributed by atoms with Gasteiger partial charge < -0.3 is 9.47 Å². The summed E-state index contributed by atoms with van der Waals surface area (Å²) in [6, 6.07) is 1.83. The fourth-order valence-electron chi connectivity index (χ4n) is 0.924. The van der Waals surface area contributed by atoms with Gasteiger partial charge in [-0.3, -0.25) is 0 Å². The molecule has 66 valence electrons. The topological polar surface area (TPSA) is 44.2 Å². The molecule has 0 aromatic carbocycles. The van der Waals surface area contributed by atoms with Gasteiger partial charge in [0.15, 0.2) is 0 Å². The molecule has 0 unspecified atom stereocenters. The van der Waals surface area contributed by atoms with Crippen LogP contribution in [0.1, 0.15) is 12.5 Å². The van der Waals surface area contributed by atoms with Gasteiger partial charge in [-0.05, 0) is 6.42 Å². The van der Waals surface area contributed by atoms with Gasteiger partial charge in [-0.25, -0.2) is 0 Å². The molecule has 1 heterocycles. The minimum Gasteiger partial charge on any atom is -0.480 e. The maximum atomic E-state index is 5.01. The van der Waals surface area contributed by atoms with Gasteiger partial charge in [-0.1, -0.05) is 6.92 Å². The van der Waals surface area contributed by atoms with Crippen molar-refractivity contribution < 1.29 is 9.47 Å². The zero-order valence-electron chi connectivity index (χ0n) is 7.50. The molecule has 0 bridgehead atoms. The number of methoxy groups -OCH3 is 2. The highest BCUT2D eigenvalue weighted by Crippen LogP contribution is 2.17. The molecule has 0 saturated heterocycles. The molecule has 4 nitrogen and oxygen atoms in total. The lowest BCUT2D eigenvalue weighted by atomic mass is 10.2. The van der Waals surface area contributed by atoms with Crippen molar-refractivity contribution in [1.29, 1.82) is 0 Å². The third kappa shape index (κ3) is 1.64. The number of hydrogen-bond acceptors (Lipinski definition) is 4. The number of ether oxygens (including phenoxy) is 2. The van der Waals surface area contributed by atoms with E-state index in [1.807, 2.05) is 13.0 Å². The molecule has 0 atom stereocenters. The summed E-state index contributed by atoms with van der Waals surface area (Å²) in [5.74, 6) is 1.09. The molecule has 0 radical (unpaired) electrons. The Hall–Kier alpha value is -1.32. The van der Waals surface area contributed by atoms with Gasteiger partial charge in [0.2, 0.25) is 11.8 Å². The second-order valence-electron chi connectivity index (χ2n) is 2.27. The fourth-order valence-corrected chi connectivity index (χ4v) is 0.924. The third-order valence-electron chi connectivity index (χ3n) is 1.60. The molecule has 0 aliphatic carbocycles. The molecule has 0 spiro atoms. The van der Waals surface area contributed by atoms with Crippen LogP contribution in [0.3, 0.4) is 0 Å². The van der Waals surface area contributed by atoms with E-state index in [-0.39, 0.29) is 0 Å². The van der Waals surface area contributed by atoms with E-state index in [2.05, 4.69) is 10.2 Å². The zero-order chi connectivity index (χ0) is 8.97. The summed E-state index contributed by atoms with van der Waals surface area (Å²) >= 11 is 0. The minimum absolute atomic E-state index is 0.521. The normalized spacial score (nSPS) is 9.58. The van der Waals surface area contributed by atoms with Crippen LogP contribution in [0.15, 0.2) is 6.07 Å². The number of rotatable bonds is 3. The lowest BCUT2D eigenvalue weighted by Gasteiger charge is -2.04. The Bertz CT molecular complexity index is 263. The number of hydrogen-bond donors (Lipinski definition) is 0. The number of aromatic nitrogens is 2. The molecule has 0 aliphatic rings. The van der Waals surface area contributed by atoms with Crippen LogP contribution < -0.4 is 9.47 Å². The molecule has 12 heavy (non-hydrogen) atoms. The lowest BCUT2D eigenvalue weighted by Crippen LogP contribution is -1.98. The predicted octanol–water partition coefficient (Wildman–Crippen LogP) is 1.06. The molecular formula is C8H12N2O2.